The van der Waals surface area contributed by atoms with E-state index in [1.807, 2.05) is 13.2 Å². The molecule has 0 aromatic carbocycles. The molecule has 0 aromatic heterocycles. The molecule has 5 nitrogen and oxygen atoms in total. The largest absolute Gasteiger partial charge is 0.481 e. The average molecular weight is 290 g/mol. The number of amides is 1. The predicted octanol–water partition coefficient (Wildman–Crippen LogP) is 1.46. The second-order valence-corrected chi connectivity index (χ2v) is 5.66. The van der Waals surface area contributed by atoms with Crippen molar-refractivity contribution in [1.29, 1.82) is 0 Å². The van der Waals surface area contributed by atoms with Crippen LogP contribution in [0, 0.1) is 5.92 Å². The molecule has 0 rings (SSSR count). The van der Waals surface area contributed by atoms with Crippen LogP contribution in [-0.4, -0.2) is 41.6 Å². The zero-order valence-electron chi connectivity index (χ0n) is 11.9. The number of hydrogen-bond acceptors (Lipinski definition) is 4. The minimum Gasteiger partial charge on any atom is -0.481 e. The van der Waals surface area contributed by atoms with Gasteiger partial charge < -0.3 is 16.2 Å². The minimum atomic E-state index is -0.762. The van der Waals surface area contributed by atoms with Crippen LogP contribution in [0.15, 0.2) is 0 Å². The van der Waals surface area contributed by atoms with Crippen LogP contribution in [0.5, 0.6) is 0 Å². The standard InChI is InChI=1S/C13H26N2O3S/c1-3-10(4-5-12(16)17)6-8-15-13(18)11(14)7-9-19-2/h10-11H,3-9,14H2,1-2H3,(H,15,18)(H,16,17)/t10?,11-/m1/s1. The molecular formula is C13H26N2O3S. The molecule has 0 saturated heterocycles. The topological polar surface area (TPSA) is 92.4 Å². The summed E-state index contributed by atoms with van der Waals surface area (Å²) in [5.41, 5.74) is 5.75. The van der Waals surface area contributed by atoms with E-state index in [1.165, 1.54) is 0 Å². The van der Waals surface area contributed by atoms with Crippen LogP contribution in [0.4, 0.5) is 0 Å². The van der Waals surface area contributed by atoms with Gasteiger partial charge in [-0.25, -0.2) is 0 Å². The monoisotopic (exact) mass is 290 g/mol. The Labute approximate surface area is 119 Å². The van der Waals surface area contributed by atoms with Crippen LogP contribution in [0.1, 0.15) is 39.0 Å². The molecule has 1 unspecified atom stereocenters. The second kappa shape index (κ2) is 11.1. The van der Waals surface area contributed by atoms with Gasteiger partial charge in [-0.2, -0.15) is 11.8 Å². The van der Waals surface area contributed by atoms with Crippen molar-refractivity contribution in [2.75, 3.05) is 18.6 Å². The van der Waals surface area contributed by atoms with Gasteiger partial charge in [-0.1, -0.05) is 13.3 Å². The van der Waals surface area contributed by atoms with Gasteiger partial charge in [-0.3, -0.25) is 9.59 Å². The highest BCUT2D eigenvalue weighted by atomic mass is 32.2. The van der Waals surface area contributed by atoms with Crippen molar-refractivity contribution >= 4 is 23.6 Å². The van der Waals surface area contributed by atoms with Crippen LogP contribution < -0.4 is 11.1 Å². The first kappa shape index (κ1) is 18.2. The van der Waals surface area contributed by atoms with Gasteiger partial charge in [-0.15, -0.1) is 0 Å². The molecular weight excluding hydrogens is 264 g/mol. The van der Waals surface area contributed by atoms with E-state index < -0.39 is 12.0 Å². The van der Waals surface area contributed by atoms with Gasteiger partial charge >= 0.3 is 5.97 Å². The second-order valence-electron chi connectivity index (χ2n) is 4.67. The van der Waals surface area contributed by atoms with E-state index in [2.05, 4.69) is 5.32 Å². The van der Waals surface area contributed by atoms with Gasteiger partial charge in [0.15, 0.2) is 0 Å². The maximum atomic E-state index is 11.6. The van der Waals surface area contributed by atoms with Crippen LogP contribution in [0.3, 0.4) is 0 Å². The smallest absolute Gasteiger partial charge is 0.303 e. The van der Waals surface area contributed by atoms with Crippen molar-refractivity contribution < 1.29 is 14.7 Å². The van der Waals surface area contributed by atoms with Crippen LogP contribution >= 0.6 is 11.8 Å². The van der Waals surface area contributed by atoms with E-state index in [9.17, 15) is 9.59 Å². The van der Waals surface area contributed by atoms with Crippen molar-refractivity contribution in [3.8, 4) is 0 Å². The van der Waals surface area contributed by atoms with Crippen molar-refractivity contribution in [2.45, 2.75) is 45.1 Å². The number of thioether (sulfide) groups is 1. The molecule has 0 spiro atoms. The Hall–Kier alpha value is -0.750. The fourth-order valence-electron chi connectivity index (χ4n) is 1.79. The third kappa shape index (κ3) is 9.78. The summed E-state index contributed by atoms with van der Waals surface area (Å²) < 4.78 is 0. The Morgan fingerprint density at radius 2 is 2.00 bits per heavy atom. The third-order valence-corrected chi connectivity index (χ3v) is 3.81. The van der Waals surface area contributed by atoms with E-state index in [0.717, 1.165) is 18.6 Å². The molecule has 2 atom stereocenters. The molecule has 112 valence electrons. The van der Waals surface area contributed by atoms with Gasteiger partial charge in [0.2, 0.25) is 5.91 Å². The predicted molar refractivity (Wildman–Crippen MR) is 79.3 cm³/mol. The van der Waals surface area contributed by atoms with E-state index in [-0.39, 0.29) is 12.3 Å². The molecule has 0 saturated carbocycles. The molecule has 0 fully saturated rings. The van der Waals surface area contributed by atoms with E-state index in [0.29, 0.717) is 25.3 Å². The van der Waals surface area contributed by atoms with Crippen molar-refractivity contribution in [3.05, 3.63) is 0 Å². The van der Waals surface area contributed by atoms with Gasteiger partial charge in [-0.05, 0) is 37.2 Å². The van der Waals surface area contributed by atoms with Gasteiger partial charge in [0.25, 0.3) is 0 Å². The van der Waals surface area contributed by atoms with Crippen molar-refractivity contribution in [2.24, 2.45) is 11.7 Å². The highest BCUT2D eigenvalue weighted by molar-refractivity contribution is 7.98. The number of carboxylic acid groups (broad SMARTS) is 1. The molecule has 0 heterocycles. The van der Waals surface area contributed by atoms with Crippen LogP contribution in [0.25, 0.3) is 0 Å². The highest BCUT2D eigenvalue weighted by Gasteiger charge is 2.13. The lowest BCUT2D eigenvalue weighted by Crippen LogP contribution is -2.41. The van der Waals surface area contributed by atoms with E-state index >= 15 is 0 Å². The lowest BCUT2D eigenvalue weighted by atomic mass is 9.96. The van der Waals surface area contributed by atoms with Crippen molar-refractivity contribution in [3.63, 3.8) is 0 Å². The molecule has 0 aliphatic rings. The summed E-state index contributed by atoms with van der Waals surface area (Å²) >= 11 is 1.67. The fraction of sp³-hybridized carbons (Fsp3) is 0.846. The summed E-state index contributed by atoms with van der Waals surface area (Å²) in [7, 11) is 0. The molecule has 4 N–H and O–H groups in total. The van der Waals surface area contributed by atoms with E-state index in [1.54, 1.807) is 11.8 Å². The Morgan fingerprint density at radius 1 is 1.32 bits per heavy atom. The lowest BCUT2D eigenvalue weighted by molar-refractivity contribution is -0.137. The summed E-state index contributed by atoms with van der Waals surface area (Å²) in [5, 5.41) is 11.5. The molecule has 0 bridgehead atoms. The van der Waals surface area contributed by atoms with Gasteiger partial charge in [0, 0.05) is 13.0 Å². The number of rotatable bonds is 11. The number of aliphatic carboxylic acids is 1. The van der Waals surface area contributed by atoms with Crippen molar-refractivity contribution in [1.82, 2.24) is 5.32 Å². The number of carbonyl (C=O) groups excluding carboxylic acids is 1. The summed E-state index contributed by atoms with van der Waals surface area (Å²) in [4.78, 5) is 22.1. The number of hydrogen-bond donors (Lipinski definition) is 3. The number of nitrogens with two attached hydrogens (primary N) is 1. The normalized spacial score (nSPS) is 13.8. The zero-order chi connectivity index (χ0) is 14.7. The molecule has 1 amide bonds. The van der Waals surface area contributed by atoms with Crippen LogP contribution in [-0.2, 0) is 9.59 Å². The Kier molecular flexibility index (Phi) is 10.7. The zero-order valence-corrected chi connectivity index (χ0v) is 12.7. The van der Waals surface area contributed by atoms with Gasteiger partial charge in [0.1, 0.15) is 0 Å². The quantitative estimate of drug-likeness (QED) is 0.536. The highest BCUT2D eigenvalue weighted by Crippen LogP contribution is 2.14. The number of nitrogens with one attached hydrogen (secondary N) is 1. The first-order chi connectivity index (χ1) is 9.01. The molecule has 6 heteroatoms. The molecule has 19 heavy (non-hydrogen) atoms. The Balaban J connectivity index is 3.79. The molecule has 0 aliphatic carbocycles. The van der Waals surface area contributed by atoms with Gasteiger partial charge in [0.05, 0.1) is 6.04 Å². The number of carbonyl (C=O) groups is 2. The van der Waals surface area contributed by atoms with E-state index in [4.69, 9.17) is 10.8 Å². The minimum absolute atomic E-state index is 0.109. The Morgan fingerprint density at radius 3 is 2.53 bits per heavy atom. The maximum Gasteiger partial charge on any atom is 0.303 e. The summed E-state index contributed by atoms with van der Waals surface area (Å²) in [6, 6.07) is -0.438. The fourth-order valence-corrected chi connectivity index (χ4v) is 2.28. The summed E-state index contributed by atoms with van der Waals surface area (Å²) in [5.74, 6) is 0.354. The number of carboxylic acids is 1. The maximum absolute atomic E-state index is 11.6. The molecule has 0 aromatic rings. The summed E-state index contributed by atoms with van der Waals surface area (Å²) in [6.07, 6.45) is 5.27. The average Bonchev–Trinajstić information content (AvgIpc) is 2.39. The summed E-state index contributed by atoms with van der Waals surface area (Å²) in [6.45, 7) is 2.61. The SMILES string of the molecule is CCC(CCNC(=O)[C@H](N)CCSC)CCC(=O)O. The first-order valence-electron chi connectivity index (χ1n) is 6.75. The Bertz CT molecular complexity index is 275. The molecule has 0 radical (unpaired) electrons. The molecule has 0 aliphatic heterocycles. The lowest BCUT2D eigenvalue weighted by Gasteiger charge is -2.16. The third-order valence-electron chi connectivity index (χ3n) is 3.17. The van der Waals surface area contributed by atoms with Crippen LogP contribution in [0.2, 0.25) is 0 Å². The first-order valence-corrected chi connectivity index (χ1v) is 8.14.